The van der Waals surface area contributed by atoms with Gasteiger partial charge >= 0.3 is 0 Å². The van der Waals surface area contributed by atoms with Crippen molar-refractivity contribution in [2.75, 3.05) is 39.5 Å². The monoisotopic (exact) mass is 391 g/mol. The first-order valence-electron chi connectivity index (χ1n) is 9.68. The van der Waals surface area contributed by atoms with E-state index in [1.54, 1.807) is 24.3 Å². The minimum Gasteiger partial charge on any atom is -0.479 e. The molecule has 150 valence electrons. The largest absolute Gasteiger partial charge is 0.479 e. The van der Waals surface area contributed by atoms with Gasteiger partial charge in [-0.3, -0.25) is 9.69 Å². The SMILES string of the molecule is N#CCOc1ccc(/C=C/C(=O)NC(CN2CCOCC2)c2ccccc2)cc1. The van der Waals surface area contributed by atoms with Gasteiger partial charge in [-0.2, -0.15) is 5.26 Å². The average Bonchev–Trinajstić information content (AvgIpc) is 2.78. The van der Waals surface area contributed by atoms with Crippen LogP contribution in [0.3, 0.4) is 0 Å². The molecule has 2 aromatic carbocycles. The summed E-state index contributed by atoms with van der Waals surface area (Å²) in [6.07, 6.45) is 3.31. The van der Waals surface area contributed by atoms with Crippen molar-refractivity contribution in [2.24, 2.45) is 0 Å². The summed E-state index contributed by atoms with van der Waals surface area (Å²) in [7, 11) is 0. The molecule has 6 heteroatoms. The van der Waals surface area contributed by atoms with Gasteiger partial charge in [0.05, 0.1) is 19.3 Å². The number of hydrogen-bond acceptors (Lipinski definition) is 5. The molecule has 1 saturated heterocycles. The van der Waals surface area contributed by atoms with Gasteiger partial charge in [0, 0.05) is 25.7 Å². The summed E-state index contributed by atoms with van der Waals surface area (Å²) in [4.78, 5) is 14.9. The maximum absolute atomic E-state index is 12.5. The number of nitriles is 1. The summed E-state index contributed by atoms with van der Waals surface area (Å²) in [6, 6.07) is 19.1. The van der Waals surface area contributed by atoms with Gasteiger partial charge in [-0.05, 0) is 29.3 Å². The Hall–Kier alpha value is -3.14. The second kappa shape index (κ2) is 11.0. The molecule has 29 heavy (non-hydrogen) atoms. The maximum Gasteiger partial charge on any atom is 0.244 e. The normalized spacial score (nSPS) is 15.6. The van der Waals surface area contributed by atoms with E-state index < -0.39 is 0 Å². The van der Waals surface area contributed by atoms with Gasteiger partial charge in [-0.15, -0.1) is 0 Å². The van der Waals surface area contributed by atoms with Crippen LogP contribution in [0.1, 0.15) is 17.2 Å². The molecule has 6 nitrogen and oxygen atoms in total. The number of hydrogen-bond donors (Lipinski definition) is 1. The van der Waals surface area contributed by atoms with Crippen LogP contribution in [0.2, 0.25) is 0 Å². The zero-order valence-corrected chi connectivity index (χ0v) is 16.3. The molecule has 0 radical (unpaired) electrons. The fraction of sp³-hybridized carbons (Fsp3) is 0.304. The lowest BCUT2D eigenvalue weighted by molar-refractivity contribution is -0.117. The topological polar surface area (TPSA) is 74.6 Å². The van der Waals surface area contributed by atoms with Gasteiger partial charge in [0.1, 0.15) is 11.8 Å². The van der Waals surface area contributed by atoms with Crippen molar-refractivity contribution in [3.8, 4) is 11.8 Å². The maximum atomic E-state index is 12.5. The van der Waals surface area contributed by atoms with Crippen LogP contribution in [0.25, 0.3) is 6.08 Å². The summed E-state index contributed by atoms with van der Waals surface area (Å²) in [5.41, 5.74) is 1.97. The molecule has 0 bridgehead atoms. The molecule has 1 aliphatic heterocycles. The van der Waals surface area contributed by atoms with Gasteiger partial charge in [0.2, 0.25) is 5.91 Å². The third-order valence-electron chi connectivity index (χ3n) is 4.67. The van der Waals surface area contributed by atoms with Crippen molar-refractivity contribution in [1.82, 2.24) is 10.2 Å². The molecule has 1 N–H and O–H groups in total. The zero-order chi connectivity index (χ0) is 20.3. The van der Waals surface area contributed by atoms with E-state index in [0.717, 1.165) is 44.0 Å². The van der Waals surface area contributed by atoms with Crippen LogP contribution >= 0.6 is 0 Å². The fourth-order valence-electron chi connectivity index (χ4n) is 3.14. The minimum atomic E-state index is -0.142. The standard InChI is InChI=1S/C23H25N3O3/c24-12-15-29-21-9-6-19(7-10-21)8-11-23(27)25-22(20-4-2-1-3-5-20)18-26-13-16-28-17-14-26/h1-11,22H,13-18H2,(H,25,27)/b11-8+. The highest BCUT2D eigenvalue weighted by Crippen LogP contribution is 2.16. The van der Waals surface area contributed by atoms with Crippen molar-refractivity contribution in [3.05, 3.63) is 71.8 Å². The Morgan fingerprint density at radius 2 is 1.90 bits per heavy atom. The third-order valence-corrected chi connectivity index (χ3v) is 4.67. The molecule has 1 atom stereocenters. The second-order valence-electron chi connectivity index (χ2n) is 6.73. The number of amides is 1. The van der Waals surface area contributed by atoms with Crippen LogP contribution < -0.4 is 10.1 Å². The van der Waals surface area contributed by atoms with Crippen LogP contribution in [0.15, 0.2) is 60.7 Å². The second-order valence-corrected chi connectivity index (χ2v) is 6.73. The Kier molecular flexibility index (Phi) is 7.81. The number of rotatable bonds is 8. The molecule has 2 aromatic rings. The van der Waals surface area contributed by atoms with Crippen LogP contribution in [-0.4, -0.2) is 50.3 Å². The summed E-state index contributed by atoms with van der Waals surface area (Å²) in [6.45, 7) is 3.96. The first-order valence-corrected chi connectivity index (χ1v) is 9.68. The molecule has 0 aromatic heterocycles. The van der Waals surface area contributed by atoms with Gasteiger partial charge < -0.3 is 14.8 Å². The summed E-state index contributed by atoms with van der Waals surface area (Å²) in [5, 5.41) is 11.7. The third kappa shape index (κ3) is 6.75. The number of carbonyl (C=O) groups is 1. The minimum absolute atomic E-state index is 0.0155. The highest BCUT2D eigenvalue weighted by Gasteiger charge is 2.19. The van der Waals surface area contributed by atoms with Gasteiger partial charge in [-0.25, -0.2) is 0 Å². The predicted molar refractivity (Wildman–Crippen MR) is 111 cm³/mol. The van der Waals surface area contributed by atoms with Crippen LogP contribution in [0, 0.1) is 11.3 Å². The van der Waals surface area contributed by atoms with Gasteiger partial charge in [0.15, 0.2) is 6.61 Å². The van der Waals surface area contributed by atoms with E-state index in [2.05, 4.69) is 10.2 Å². The lowest BCUT2D eigenvalue weighted by atomic mass is 10.1. The fourth-order valence-corrected chi connectivity index (χ4v) is 3.14. The Morgan fingerprint density at radius 3 is 2.59 bits per heavy atom. The van der Waals surface area contributed by atoms with Crippen molar-refractivity contribution in [1.29, 1.82) is 5.26 Å². The van der Waals surface area contributed by atoms with Crippen molar-refractivity contribution >= 4 is 12.0 Å². The van der Waals surface area contributed by atoms with E-state index in [-0.39, 0.29) is 18.6 Å². The van der Waals surface area contributed by atoms with Crippen LogP contribution in [-0.2, 0) is 9.53 Å². The molecule has 0 spiro atoms. The van der Waals surface area contributed by atoms with Crippen LogP contribution in [0.4, 0.5) is 0 Å². The molecule has 1 unspecified atom stereocenters. The summed E-state index contributed by atoms with van der Waals surface area (Å²) in [5.74, 6) is 0.486. The van der Waals surface area contributed by atoms with Gasteiger partial charge in [-0.1, -0.05) is 42.5 Å². The molecule has 1 fully saturated rings. The lowest BCUT2D eigenvalue weighted by Crippen LogP contribution is -2.42. The first-order chi connectivity index (χ1) is 14.2. The number of nitrogens with zero attached hydrogens (tertiary/aromatic N) is 2. The Balaban J connectivity index is 1.61. The van der Waals surface area contributed by atoms with Crippen molar-refractivity contribution in [2.45, 2.75) is 6.04 Å². The quantitative estimate of drug-likeness (QED) is 0.701. The van der Waals surface area contributed by atoms with E-state index in [4.69, 9.17) is 14.7 Å². The van der Waals surface area contributed by atoms with E-state index >= 15 is 0 Å². The van der Waals surface area contributed by atoms with Crippen molar-refractivity contribution in [3.63, 3.8) is 0 Å². The van der Waals surface area contributed by atoms with Crippen molar-refractivity contribution < 1.29 is 14.3 Å². The summed E-state index contributed by atoms with van der Waals surface area (Å²) < 4.78 is 10.7. The highest BCUT2D eigenvalue weighted by atomic mass is 16.5. The summed E-state index contributed by atoms with van der Waals surface area (Å²) >= 11 is 0. The molecule has 1 amide bonds. The van der Waals surface area contributed by atoms with E-state index in [9.17, 15) is 4.79 Å². The molecular weight excluding hydrogens is 366 g/mol. The Morgan fingerprint density at radius 1 is 1.17 bits per heavy atom. The molecular formula is C23H25N3O3. The highest BCUT2D eigenvalue weighted by molar-refractivity contribution is 5.92. The zero-order valence-electron chi connectivity index (χ0n) is 16.3. The average molecular weight is 391 g/mol. The molecule has 1 heterocycles. The number of nitrogens with one attached hydrogen (secondary N) is 1. The number of carbonyl (C=O) groups excluding carboxylic acids is 1. The smallest absolute Gasteiger partial charge is 0.244 e. The lowest BCUT2D eigenvalue weighted by Gasteiger charge is -2.31. The van der Waals surface area contributed by atoms with Gasteiger partial charge in [0.25, 0.3) is 0 Å². The Bertz CT molecular complexity index is 838. The van der Waals surface area contributed by atoms with E-state index in [1.807, 2.05) is 48.5 Å². The Labute approximate surface area is 171 Å². The van der Waals surface area contributed by atoms with Crippen LogP contribution in [0.5, 0.6) is 5.75 Å². The first kappa shape index (κ1) is 20.6. The van der Waals surface area contributed by atoms with E-state index in [0.29, 0.717) is 5.75 Å². The molecule has 3 rings (SSSR count). The number of benzene rings is 2. The molecule has 0 aliphatic carbocycles. The molecule has 0 saturated carbocycles. The van der Waals surface area contributed by atoms with E-state index in [1.165, 1.54) is 0 Å². The number of ether oxygens (including phenoxy) is 2. The predicted octanol–water partition coefficient (Wildman–Crippen LogP) is 2.79. The number of morpholine rings is 1. The molecule has 1 aliphatic rings.